The van der Waals surface area contributed by atoms with Crippen LogP contribution in [0.1, 0.15) is 19.4 Å². The molecule has 0 aliphatic carbocycles. The van der Waals surface area contributed by atoms with E-state index in [1.807, 2.05) is 6.92 Å². The van der Waals surface area contributed by atoms with Crippen LogP contribution in [0.25, 0.3) is 11.4 Å². The summed E-state index contributed by atoms with van der Waals surface area (Å²) >= 11 is 0. The van der Waals surface area contributed by atoms with Gasteiger partial charge in [0.15, 0.2) is 5.82 Å². The fourth-order valence-corrected chi connectivity index (χ4v) is 1.90. The van der Waals surface area contributed by atoms with Gasteiger partial charge in [0.2, 0.25) is 0 Å². The number of hydrogen-bond acceptors (Lipinski definition) is 6. The van der Waals surface area contributed by atoms with Crippen LogP contribution in [0, 0.1) is 10.1 Å². The Kier molecular flexibility index (Phi) is 4.24. The molecule has 2 aromatic rings. The third-order valence-corrected chi connectivity index (χ3v) is 2.97. The van der Waals surface area contributed by atoms with E-state index < -0.39 is 11.0 Å². The summed E-state index contributed by atoms with van der Waals surface area (Å²) in [6.07, 6.45) is 1.89. The van der Waals surface area contributed by atoms with Crippen molar-refractivity contribution in [1.29, 1.82) is 0 Å². The van der Waals surface area contributed by atoms with E-state index in [1.54, 1.807) is 12.1 Å². The highest BCUT2D eigenvalue weighted by Crippen LogP contribution is 2.21. The second-order valence-electron chi connectivity index (χ2n) is 4.29. The molecule has 1 atom stereocenters. The molecule has 1 amide bonds. The number of amides is 1. The van der Waals surface area contributed by atoms with Crippen LogP contribution in [0.4, 0.5) is 5.69 Å². The van der Waals surface area contributed by atoms with Gasteiger partial charge in [-0.25, -0.2) is 15.5 Å². The number of aromatic nitrogens is 3. The number of nitro benzene ring substituents is 1. The first-order valence-electron chi connectivity index (χ1n) is 6.23. The molecule has 1 heterocycles. The quantitative estimate of drug-likeness (QED) is 0.362. The number of rotatable bonds is 5. The van der Waals surface area contributed by atoms with Gasteiger partial charge < -0.3 is 0 Å². The normalized spacial score (nSPS) is 11.9. The molecule has 2 rings (SSSR count). The molecule has 9 heteroatoms. The van der Waals surface area contributed by atoms with E-state index in [2.05, 4.69) is 15.5 Å². The molecular weight excluding hydrogens is 276 g/mol. The summed E-state index contributed by atoms with van der Waals surface area (Å²) in [6.45, 7) is 1.81. The molecule has 9 nitrogen and oxygen atoms in total. The Labute approximate surface area is 119 Å². The van der Waals surface area contributed by atoms with Crippen LogP contribution in [0.3, 0.4) is 0 Å². The number of carbonyl (C=O) groups is 1. The Balaban J connectivity index is 2.33. The summed E-state index contributed by atoms with van der Waals surface area (Å²) in [5.74, 6) is 5.05. The molecule has 1 aromatic heterocycles. The molecule has 0 spiro atoms. The standard InChI is InChI=1S/C12H14N6O3/c1-2-10(12(19)15-13)17-7-14-11(16-17)8-4-3-5-9(6-8)18(20)21/h3-7,10H,2,13H2,1H3,(H,15,19). The van der Waals surface area contributed by atoms with Gasteiger partial charge in [0.1, 0.15) is 12.4 Å². The average molecular weight is 290 g/mol. The molecule has 3 N–H and O–H groups in total. The third-order valence-electron chi connectivity index (χ3n) is 2.97. The van der Waals surface area contributed by atoms with Crippen molar-refractivity contribution in [2.24, 2.45) is 5.84 Å². The average Bonchev–Trinajstić information content (AvgIpc) is 2.97. The maximum Gasteiger partial charge on any atom is 0.270 e. The summed E-state index contributed by atoms with van der Waals surface area (Å²) in [7, 11) is 0. The molecule has 110 valence electrons. The number of hydrogen-bond donors (Lipinski definition) is 2. The van der Waals surface area contributed by atoms with Crippen molar-refractivity contribution < 1.29 is 9.72 Å². The second-order valence-corrected chi connectivity index (χ2v) is 4.29. The maximum atomic E-state index is 11.6. The Morgan fingerprint density at radius 2 is 2.33 bits per heavy atom. The SMILES string of the molecule is CCC(C(=O)NN)n1cnc(-c2cccc([N+](=O)[O-])c2)n1. The molecule has 0 radical (unpaired) electrons. The number of nitrogens with one attached hydrogen (secondary N) is 1. The first-order valence-corrected chi connectivity index (χ1v) is 6.23. The van der Waals surface area contributed by atoms with Gasteiger partial charge >= 0.3 is 0 Å². The van der Waals surface area contributed by atoms with Crippen molar-refractivity contribution in [3.63, 3.8) is 0 Å². The molecule has 1 aromatic carbocycles. The molecular formula is C12H14N6O3. The van der Waals surface area contributed by atoms with Gasteiger partial charge in [0.05, 0.1) is 4.92 Å². The van der Waals surface area contributed by atoms with E-state index >= 15 is 0 Å². The number of nitrogens with zero attached hydrogens (tertiary/aromatic N) is 4. The molecule has 0 aliphatic rings. The van der Waals surface area contributed by atoms with Crippen molar-refractivity contribution in [1.82, 2.24) is 20.2 Å². The lowest BCUT2D eigenvalue weighted by molar-refractivity contribution is -0.384. The van der Waals surface area contributed by atoms with Crippen LogP contribution in [0.5, 0.6) is 0 Å². The van der Waals surface area contributed by atoms with E-state index in [1.165, 1.54) is 23.1 Å². The highest BCUT2D eigenvalue weighted by Gasteiger charge is 2.19. The topological polar surface area (TPSA) is 129 Å². The Morgan fingerprint density at radius 1 is 1.57 bits per heavy atom. The smallest absolute Gasteiger partial charge is 0.270 e. The van der Waals surface area contributed by atoms with Crippen LogP contribution in [0.2, 0.25) is 0 Å². The molecule has 0 fully saturated rings. The first kappa shape index (κ1) is 14.6. The monoisotopic (exact) mass is 290 g/mol. The summed E-state index contributed by atoms with van der Waals surface area (Å²) in [4.78, 5) is 26.0. The minimum atomic E-state index is -0.574. The van der Waals surface area contributed by atoms with E-state index in [0.717, 1.165) is 0 Å². The fourth-order valence-electron chi connectivity index (χ4n) is 1.90. The summed E-state index contributed by atoms with van der Waals surface area (Å²) in [6, 6.07) is 5.41. The molecule has 0 bridgehead atoms. The predicted molar refractivity (Wildman–Crippen MR) is 73.8 cm³/mol. The number of nitro groups is 1. The third kappa shape index (κ3) is 3.03. The number of hydrazine groups is 1. The summed E-state index contributed by atoms with van der Waals surface area (Å²) < 4.78 is 1.39. The molecule has 21 heavy (non-hydrogen) atoms. The lowest BCUT2D eigenvalue weighted by Crippen LogP contribution is -2.37. The van der Waals surface area contributed by atoms with Crippen molar-refractivity contribution in [3.8, 4) is 11.4 Å². The zero-order chi connectivity index (χ0) is 15.4. The first-order chi connectivity index (χ1) is 10.1. The second kappa shape index (κ2) is 6.09. The van der Waals surface area contributed by atoms with Gasteiger partial charge in [-0.1, -0.05) is 19.1 Å². The molecule has 0 saturated heterocycles. The van der Waals surface area contributed by atoms with Crippen LogP contribution >= 0.6 is 0 Å². The Bertz CT molecular complexity index is 669. The lowest BCUT2D eigenvalue weighted by Gasteiger charge is -2.12. The van der Waals surface area contributed by atoms with E-state index in [0.29, 0.717) is 17.8 Å². The predicted octanol–water partition coefficient (Wildman–Crippen LogP) is 0.794. The Hall–Kier alpha value is -2.81. The largest absolute Gasteiger partial charge is 0.292 e. The van der Waals surface area contributed by atoms with Crippen LogP contribution < -0.4 is 11.3 Å². The van der Waals surface area contributed by atoms with Gasteiger partial charge in [-0.05, 0) is 6.42 Å². The summed E-state index contributed by atoms with van der Waals surface area (Å²) in [5.41, 5.74) is 2.53. The fraction of sp³-hybridized carbons (Fsp3) is 0.250. The van der Waals surface area contributed by atoms with Crippen molar-refractivity contribution >= 4 is 11.6 Å². The van der Waals surface area contributed by atoms with Crippen molar-refractivity contribution in [2.75, 3.05) is 0 Å². The van der Waals surface area contributed by atoms with E-state index in [9.17, 15) is 14.9 Å². The van der Waals surface area contributed by atoms with E-state index in [4.69, 9.17) is 5.84 Å². The van der Waals surface area contributed by atoms with Crippen LogP contribution in [-0.2, 0) is 4.79 Å². The van der Waals surface area contributed by atoms with Crippen LogP contribution in [0.15, 0.2) is 30.6 Å². The van der Waals surface area contributed by atoms with Crippen molar-refractivity contribution in [2.45, 2.75) is 19.4 Å². The van der Waals surface area contributed by atoms with Gasteiger partial charge in [-0.3, -0.25) is 20.3 Å². The van der Waals surface area contributed by atoms with Gasteiger partial charge in [0, 0.05) is 17.7 Å². The Morgan fingerprint density at radius 3 is 2.95 bits per heavy atom. The molecule has 1 unspecified atom stereocenters. The zero-order valence-electron chi connectivity index (χ0n) is 11.3. The maximum absolute atomic E-state index is 11.6. The number of nitrogens with two attached hydrogens (primary N) is 1. The van der Waals surface area contributed by atoms with Gasteiger partial charge in [-0.2, -0.15) is 5.10 Å². The highest BCUT2D eigenvalue weighted by atomic mass is 16.6. The lowest BCUT2D eigenvalue weighted by atomic mass is 10.2. The molecule has 0 aliphatic heterocycles. The zero-order valence-corrected chi connectivity index (χ0v) is 11.3. The number of benzene rings is 1. The van der Waals surface area contributed by atoms with Gasteiger partial charge in [0.25, 0.3) is 11.6 Å². The highest BCUT2D eigenvalue weighted by molar-refractivity contribution is 5.79. The summed E-state index contributed by atoms with van der Waals surface area (Å²) in [5, 5.41) is 15.0. The number of carbonyl (C=O) groups excluding carboxylic acids is 1. The minimum absolute atomic E-state index is 0.0457. The van der Waals surface area contributed by atoms with Crippen molar-refractivity contribution in [3.05, 3.63) is 40.7 Å². The number of non-ortho nitro benzene ring substituents is 1. The van der Waals surface area contributed by atoms with Crippen LogP contribution in [-0.4, -0.2) is 25.6 Å². The van der Waals surface area contributed by atoms with Gasteiger partial charge in [-0.15, -0.1) is 0 Å². The minimum Gasteiger partial charge on any atom is -0.292 e. The van der Waals surface area contributed by atoms with E-state index in [-0.39, 0.29) is 11.6 Å². The molecule has 0 saturated carbocycles.